The van der Waals surface area contributed by atoms with E-state index in [-0.39, 0.29) is 5.43 Å². The Balaban J connectivity index is 1.29. The highest BCUT2D eigenvalue weighted by molar-refractivity contribution is 7.24. The fourth-order valence-corrected chi connectivity index (χ4v) is 5.67. The van der Waals surface area contributed by atoms with Crippen LogP contribution in [-0.2, 0) is 0 Å². The molecule has 5 rings (SSSR count). The van der Waals surface area contributed by atoms with E-state index in [1.807, 2.05) is 36.4 Å². The average molecular weight is 439 g/mol. The lowest BCUT2D eigenvalue weighted by Gasteiger charge is -2.15. The highest BCUT2D eigenvalue weighted by Crippen LogP contribution is 2.30. The van der Waals surface area contributed by atoms with Crippen molar-refractivity contribution in [1.29, 1.82) is 0 Å². The second-order valence-corrected chi connectivity index (χ2v) is 9.63. The minimum atomic E-state index is 0.0670. The molecule has 3 aromatic rings. The molecule has 2 aliphatic rings. The molecule has 2 aromatic carbocycles. The van der Waals surface area contributed by atoms with Gasteiger partial charge in [-0.3, -0.25) is 14.6 Å². The lowest BCUT2D eigenvalue weighted by molar-refractivity contribution is 0.238. The number of nitrogens with zero attached hydrogens (tertiary/aromatic N) is 2. The smallest absolute Gasteiger partial charge is 0.196 e. The third kappa shape index (κ3) is 4.86. The van der Waals surface area contributed by atoms with Crippen molar-refractivity contribution in [2.24, 2.45) is 0 Å². The van der Waals surface area contributed by atoms with Crippen molar-refractivity contribution < 1.29 is 9.47 Å². The topological polar surface area (TPSA) is 42.0 Å². The molecule has 1 aromatic heterocycles. The number of likely N-dealkylation sites (tertiary alicyclic amines) is 2. The van der Waals surface area contributed by atoms with E-state index in [0.29, 0.717) is 13.2 Å². The molecule has 2 aliphatic heterocycles. The SMILES string of the molecule is O=c1c2ccc(OCCN3CCCC3)cc2sc2ccc(OCCN3CCCC3)cc12. The first kappa shape index (κ1) is 20.7. The maximum atomic E-state index is 13.1. The number of ether oxygens (including phenoxy) is 2. The maximum absolute atomic E-state index is 13.1. The molecule has 0 aliphatic carbocycles. The molecule has 0 bridgehead atoms. The molecule has 31 heavy (non-hydrogen) atoms. The van der Waals surface area contributed by atoms with Crippen LogP contribution >= 0.6 is 11.3 Å². The van der Waals surface area contributed by atoms with Gasteiger partial charge in [-0.1, -0.05) is 0 Å². The van der Waals surface area contributed by atoms with E-state index in [2.05, 4.69) is 9.80 Å². The zero-order chi connectivity index (χ0) is 21.0. The summed E-state index contributed by atoms with van der Waals surface area (Å²) in [5.74, 6) is 1.61. The van der Waals surface area contributed by atoms with Gasteiger partial charge in [-0.25, -0.2) is 0 Å². The summed E-state index contributed by atoms with van der Waals surface area (Å²) in [7, 11) is 0. The molecular formula is C25H30N2O3S. The Morgan fingerprint density at radius 3 is 1.94 bits per heavy atom. The summed E-state index contributed by atoms with van der Waals surface area (Å²) in [5.41, 5.74) is 0.0670. The van der Waals surface area contributed by atoms with Crippen molar-refractivity contribution >= 4 is 31.5 Å². The summed E-state index contributed by atoms with van der Waals surface area (Å²) in [6, 6.07) is 11.7. The molecule has 3 heterocycles. The van der Waals surface area contributed by atoms with Crippen LogP contribution < -0.4 is 14.9 Å². The van der Waals surface area contributed by atoms with Gasteiger partial charge in [0.1, 0.15) is 24.7 Å². The van der Waals surface area contributed by atoms with E-state index in [1.165, 1.54) is 51.9 Å². The third-order valence-corrected chi connectivity index (χ3v) is 7.50. The summed E-state index contributed by atoms with van der Waals surface area (Å²) in [4.78, 5) is 18.0. The van der Waals surface area contributed by atoms with Crippen LogP contribution in [0, 0.1) is 0 Å². The second-order valence-electron chi connectivity index (χ2n) is 8.54. The van der Waals surface area contributed by atoms with Crippen molar-refractivity contribution in [2.75, 3.05) is 52.5 Å². The van der Waals surface area contributed by atoms with Crippen LogP contribution in [0.5, 0.6) is 11.5 Å². The van der Waals surface area contributed by atoms with Crippen molar-refractivity contribution in [3.8, 4) is 11.5 Å². The van der Waals surface area contributed by atoms with Gasteiger partial charge in [-0.05, 0) is 88.3 Å². The molecule has 2 saturated heterocycles. The molecule has 0 radical (unpaired) electrons. The zero-order valence-electron chi connectivity index (χ0n) is 18.0. The molecule has 164 valence electrons. The zero-order valence-corrected chi connectivity index (χ0v) is 18.8. The Morgan fingerprint density at radius 1 is 0.710 bits per heavy atom. The number of hydrogen-bond acceptors (Lipinski definition) is 6. The molecular weight excluding hydrogens is 408 g/mol. The van der Waals surface area contributed by atoms with Gasteiger partial charge in [0, 0.05) is 33.3 Å². The minimum Gasteiger partial charge on any atom is -0.492 e. The van der Waals surface area contributed by atoms with Gasteiger partial charge in [-0.2, -0.15) is 0 Å². The van der Waals surface area contributed by atoms with Crippen LogP contribution in [0.1, 0.15) is 25.7 Å². The molecule has 0 amide bonds. The Kier molecular flexibility index (Phi) is 6.39. The maximum Gasteiger partial charge on any atom is 0.196 e. The van der Waals surface area contributed by atoms with Crippen molar-refractivity contribution in [1.82, 2.24) is 9.80 Å². The predicted molar refractivity (Wildman–Crippen MR) is 128 cm³/mol. The van der Waals surface area contributed by atoms with Crippen LogP contribution in [-0.4, -0.2) is 62.3 Å². The number of benzene rings is 2. The van der Waals surface area contributed by atoms with Crippen LogP contribution in [0.15, 0.2) is 41.2 Å². The van der Waals surface area contributed by atoms with Crippen LogP contribution in [0.4, 0.5) is 0 Å². The monoisotopic (exact) mass is 438 g/mol. The second kappa shape index (κ2) is 9.55. The van der Waals surface area contributed by atoms with E-state index in [4.69, 9.17) is 9.47 Å². The summed E-state index contributed by atoms with van der Waals surface area (Å²) in [6.07, 6.45) is 5.16. The van der Waals surface area contributed by atoms with Crippen molar-refractivity contribution in [2.45, 2.75) is 25.7 Å². The Labute approximate surface area is 187 Å². The third-order valence-electron chi connectivity index (χ3n) is 6.36. The summed E-state index contributed by atoms with van der Waals surface area (Å²) < 4.78 is 13.9. The lowest BCUT2D eigenvalue weighted by Crippen LogP contribution is -2.25. The Bertz CT molecular complexity index is 1100. The highest BCUT2D eigenvalue weighted by atomic mass is 32.1. The van der Waals surface area contributed by atoms with Gasteiger partial charge in [-0.15, -0.1) is 11.3 Å². The highest BCUT2D eigenvalue weighted by Gasteiger charge is 2.13. The van der Waals surface area contributed by atoms with E-state index in [9.17, 15) is 4.79 Å². The lowest BCUT2D eigenvalue weighted by atomic mass is 10.1. The minimum absolute atomic E-state index is 0.0670. The molecule has 0 N–H and O–H groups in total. The normalized spacial score (nSPS) is 17.7. The van der Waals surface area contributed by atoms with E-state index >= 15 is 0 Å². The van der Waals surface area contributed by atoms with Gasteiger partial charge in [0.05, 0.1) is 0 Å². The first-order chi connectivity index (χ1) is 15.3. The molecule has 5 nitrogen and oxygen atoms in total. The Hall–Kier alpha value is -2.15. The summed E-state index contributed by atoms with van der Waals surface area (Å²) in [6.45, 7) is 7.96. The average Bonchev–Trinajstić information content (AvgIpc) is 3.49. The molecule has 2 fully saturated rings. The molecule has 0 unspecified atom stereocenters. The van der Waals surface area contributed by atoms with Crippen LogP contribution in [0.3, 0.4) is 0 Å². The van der Waals surface area contributed by atoms with E-state index < -0.39 is 0 Å². The molecule has 0 atom stereocenters. The largest absolute Gasteiger partial charge is 0.492 e. The summed E-state index contributed by atoms with van der Waals surface area (Å²) in [5, 5.41) is 1.48. The number of rotatable bonds is 8. The standard InChI is InChI=1S/C25H30N2O3S/c28-25-21-7-5-20(30-16-14-27-11-3-4-12-27)18-24(21)31-23-8-6-19(17-22(23)25)29-15-13-26-9-1-2-10-26/h5-8,17-18H,1-4,9-16H2. The molecule has 6 heteroatoms. The first-order valence-corrected chi connectivity index (χ1v) is 12.3. The van der Waals surface area contributed by atoms with E-state index in [0.717, 1.165) is 44.8 Å². The molecule has 0 saturated carbocycles. The van der Waals surface area contributed by atoms with Crippen molar-refractivity contribution in [3.63, 3.8) is 0 Å². The van der Waals surface area contributed by atoms with Gasteiger partial charge < -0.3 is 9.47 Å². The predicted octanol–water partition coefficient (Wildman–Crippen LogP) is 4.36. The number of hydrogen-bond donors (Lipinski definition) is 0. The number of fused-ring (bicyclic) bond motifs is 2. The van der Waals surface area contributed by atoms with Gasteiger partial charge in [0.15, 0.2) is 5.43 Å². The fraction of sp³-hybridized carbons (Fsp3) is 0.480. The van der Waals surface area contributed by atoms with Gasteiger partial charge in [0.25, 0.3) is 0 Å². The Morgan fingerprint density at radius 2 is 1.29 bits per heavy atom. The van der Waals surface area contributed by atoms with Gasteiger partial charge in [0.2, 0.25) is 0 Å². The van der Waals surface area contributed by atoms with Crippen LogP contribution in [0.25, 0.3) is 20.2 Å². The first-order valence-electron chi connectivity index (χ1n) is 11.5. The van der Waals surface area contributed by atoms with Gasteiger partial charge >= 0.3 is 0 Å². The fourth-order valence-electron chi connectivity index (χ4n) is 4.59. The summed E-state index contributed by atoms with van der Waals surface area (Å²) >= 11 is 1.64. The molecule has 0 spiro atoms. The van der Waals surface area contributed by atoms with E-state index in [1.54, 1.807) is 11.3 Å². The quantitative estimate of drug-likeness (QED) is 0.489. The van der Waals surface area contributed by atoms with Crippen LogP contribution in [0.2, 0.25) is 0 Å². The van der Waals surface area contributed by atoms with Crippen molar-refractivity contribution in [3.05, 3.63) is 46.6 Å².